The number of benzene rings is 1. The zero-order valence-electron chi connectivity index (χ0n) is 15.1. The zero-order chi connectivity index (χ0) is 17.9. The molecule has 24 heavy (non-hydrogen) atoms. The van der Waals surface area contributed by atoms with E-state index < -0.39 is 0 Å². The van der Waals surface area contributed by atoms with E-state index in [0.717, 1.165) is 27.8 Å². The smallest absolute Gasteiger partial charge is 0.0539 e. The summed E-state index contributed by atoms with van der Waals surface area (Å²) in [5.41, 5.74) is 11.8. The molecule has 1 aromatic carbocycles. The second-order valence-electron chi connectivity index (χ2n) is 5.90. The summed E-state index contributed by atoms with van der Waals surface area (Å²) in [6, 6.07) is 10.2. The highest BCUT2D eigenvalue weighted by Gasteiger charge is 2.15. The van der Waals surface area contributed by atoms with Crippen LogP contribution in [0.5, 0.6) is 0 Å². The minimum Gasteiger partial charge on any atom is -0.398 e. The van der Waals surface area contributed by atoms with Crippen LogP contribution in [0, 0.1) is 12.3 Å². The molecule has 0 atom stereocenters. The second kappa shape index (κ2) is 7.30. The molecule has 4 heteroatoms. The Morgan fingerprint density at radius 3 is 2.46 bits per heavy atom. The number of rotatable bonds is 3. The molecular weight excluding hydrogens is 296 g/mol. The molecule has 2 heterocycles. The molecule has 0 fully saturated rings. The lowest BCUT2D eigenvalue weighted by Crippen LogP contribution is -2.03. The van der Waals surface area contributed by atoms with Crippen molar-refractivity contribution in [2.24, 2.45) is 0 Å². The van der Waals surface area contributed by atoms with E-state index in [9.17, 15) is 0 Å². The first-order valence-electron chi connectivity index (χ1n) is 8.39. The van der Waals surface area contributed by atoms with Crippen LogP contribution >= 0.6 is 0 Å². The number of hydrogen-bond donors (Lipinski definition) is 2. The predicted octanol–water partition coefficient (Wildman–Crippen LogP) is 5.06. The summed E-state index contributed by atoms with van der Waals surface area (Å²) in [5, 5.41) is 8.63. The summed E-state index contributed by atoms with van der Waals surface area (Å²) in [7, 11) is 0. The SMILES string of the molecule is CC.Cc1cc(-n2c(C(C)C)cc3cc(N)c(C=N)cc32)ccn1. The average Bonchev–Trinajstić information content (AvgIpc) is 2.94. The quantitative estimate of drug-likeness (QED) is 0.522. The molecule has 0 amide bonds. The van der Waals surface area contributed by atoms with Gasteiger partial charge >= 0.3 is 0 Å². The fourth-order valence-electron chi connectivity index (χ4n) is 2.82. The molecule has 126 valence electrons. The maximum atomic E-state index is 7.54. The molecular formula is C20H26N4. The van der Waals surface area contributed by atoms with Gasteiger partial charge in [-0.1, -0.05) is 27.7 Å². The number of fused-ring (bicyclic) bond motifs is 1. The van der Waals surface area contributed by atoms with Crippen LogP contribution in [0.4, 0.5) is 5.69 Å². The topological polar surface area (TPSA) is 67.7 Å². The van der Waals surface area contributed by atoms with Gasteiger partial charge in [0.25, 0.3) is 0 Å². The van der Waals surface area contributed by atoms with E-state index in [1.807, 2.05) is 45.2 Å². The molecule has 0 unspecified atom stereocenters. The molecule has 0 aliphatic carbocycles. The number of hydrogen-bond acceptors (Lipinski definition) is 3. The first kappa shape index (κ1) is 17.7. The molecule has 0 aliphatic rings. The van der Waals surface area contributed by atoms with Gasteiger partial charge in [0.05, 0.1) is 5.52 Å². The maximum Gasteiger partial charge on any atom is 0.0539 e. The van der Waals surface area contributed by atoms with E-state index in [1.165, 1.54) is 11.9 Å². The summed E-state index contributed by atoms with van der Waals surface area (Å²) >= 11 is 0. The second-order valence-corrected chi connectivity index (χ2v) is 5.90. The summed E-state index contributed by atoms with van der Waals surface area (Å²) in [4.78, 5) is 4.28. The van der Waals surface area contributed by atoms with Crippen molar-refractivity contribution in [2.45, 2.75) is 40.5 Å². The van der Waals surface area contributed by atoms with Gasteiger partial charge in [-0.2, -0.15) is 0 Å². The van der Waals surface area contributed by atoms with E-state index in [2.05, 4.69) is 35.5 Å². The highest BCUT2D eigenvalue weighted by molar-refractivity contribution is 5.95. The van der Waals surface area contributed by atoms with E-state index in [4.69, 9.17) is 11.1 Å². The Hall–Kier alpha value is -2.62. The van der Waals surface area contributed by atoms with Gasteiger partial charge in [0.1, 0.15) is 0 Å². The van der Waals surface area contributed by atoms with Gasteiger partial charge in [0.2, 0.25) is 0 Å². The number of pyridine rings is 1. The standard InChI is InChI=1S/C18H20N4.C2H6/c1-11(2)17-8-13-7-16(20)14(10-19)9-18(13)22(17)15-4-5-21-12(3)6-15;1-2/h4-11,19H,20H2,1-3H3;1-2H3. The van der Waals surface area contributed by atoms with Crippen LogP contribution in [0.15, 0.2) is 36.5 Å². The Kier molecular flexibility index (Phi) is 5.39. The predicted molar refractivity (Wildman–Crippen MR) is 104 cm³/mol. The van der Waals surface area contributed by atoms with Crippen molar-refractivity contribution in [1.82, 2.24) is 9.55 Å². The van der Waals surface area contributed by atoms with Crippen molar-refractivity contribution in [2.75, 3.05) is 5.73 Å². The first-order valence-corrected chi connectivity index (χ1v) is 8.39. The largest absolute Gasteiger partial charge is 0.398 e. The van der Waals surface area contributed by atoms with Gasteiger partial charge in [-0.25, -0.2) is 0 Å². The van der Waals surface area contributed by atoms with E-state index >= 15 is 0 Å². The van der Waals surface area contributed by atoms with Crippen LogP contribution < -0.4 is 5.73 Å². The third-order valence-electron chi connectivity index (χ3n) is 3.92. The Morgan fingerprint density at radius 1 is 1.17 bits per heavy atom. The minimum absolute atomic E-state index is 0.380. The van der Waals surface area contributed by atoms with Crippen molar-refractivity contribution in [3.05, 3.63) is 53.5 Å². The van der Waals surface area contributed by atoms with Crippen molar-refractivity contribution >= 4 is 22.8 Å². The first-order chi connectivity index (χ1) is 11.5. The molecule has 3 aromatic rings. The molecule has 0 spiro atoms. The lowest BCUT2D eigenvalue weighted by molar-refractivity contribution is 0.795. The van der Waals surface area contributed by atoms with Crippen LogP contribution in [-0.2, 0) is 0 Å². The zero-order valence-corrected chi connectivity index (χ0v) is 15.1. The summed E-state index contributed by atoms with van der Waals surface area (Å²) < 4.78 is 2.24. The molecule has 3 rings (SSSR count). The van der Waals surface area contributed by atoms with Crippen molar-refractivity contribution < 1.29 is 0 Å². The van der Waals surface area contributed by atoms with Gasteiger partial charge in [0, 0.05) is 46.1 Å². The molecule has 0 radical (unpaired) electrons. The van der Waals surface area contributed by atoms with Gasteiger partial charge in [-0.3, -0.25) is 4.98 Å². The fourth-order valence-corrected chi connectivity index (χ4v) is 2.82. The number of nitrogens with two attached hydrogens (primary N) is 1. The lowest BCUT2D eigenvalue weighted by atomic mass is 10.1. The molecule has 0 bridgehead atoms. The van der Waals surface area contributed by atoms with Gasteiger partial charge in [-0.05, 0) is 43.2 Å². The summed E-state index contributed by atoms with van der Waals surface area (Å²) in [5.74, 6) is 0.380. The van der Waals surface area contributed by atoms with Crippen LogP contribution in [0.3, 0.4) is 0 Å². The maximum absolute atomic E-state index is 7.54. The van der Waals surface area contributed by atoms with Gasteiger partial charge in [0.15, 0.2) is 0 Å². The Morgan fingerprint density at radius 2 is 1.88 bits per heavy atom. The molecule has 0 aliphatic heterocycles. The lowest BCUT2D eigenvalue weighted by Gasteiger charge is -2.14. The number of anilines is 1. The monoisotopic (exact) mass is 322 g/mol. The molecule has 0 saturated heterocycles. The van der Waals surface area contributed by atoms with E-state index in [0.29, 0.717) is 11.6 Å². The van der Waals surface area contributed by atoms with E-state index in [-0.39, 0.29) is 0 Å². The molecule has 3 N–H and O–H groups in total. The highest BCUT2D eigenvalue weighted by Crippen LogP contribution is 2.31. The molecule has 4 nitrogen and oxygen atoms in total. The molecule has 2 aromatic heterocycles. The average molecular weight is 322 g/mol. The summed E-state index contributed by atoms with van der Waals surface area (Å²) in [6.07, 6.45) is 3.13. The number of nitrogen functional groups attached to an aromatic ring is 1. The highest BCUT2D eigenvalue weighted by atomic mass is 15.0. The van der Waals surface area contributed by atoms with Crippen molar-refractivity contribution in [3.63, 3.8) is 0 Å². The van der Waals surface area contributed by atoms with Crippen molar-refractivity contribution in [1.29, 1.82) is 5.41 Å². The van der Waals surface area contributed by atoms with Crippen LogP contribution in [-0.4, -0.2) is 15.8 Å². The number of nitrogens with one attached hydrogen (secondary N) is 1. The van der Waals surface area contributed by atoms with Crippen molar-refractivity contribution in [3.8, 4) is 5.69 Å². The van der Waals surface area contributed by atoms with Crippen LogP contribution in [0.1, 0.15) is 50.6 Å². The summed E-state index contributed by atoms with van der Waals surface area (Å²) in [6.45, 7) is 10.4. The fraction of sp³-hybridized carbons (Fsp3) is 0.300. The number of aryl methyl sites for hydroxylation is 1. The Bertz CT molecular complexity index is 859. The third kappa shape index (κ3) is 3.18. The Labute approximate surface area is 143 Å². The number of nitrogens with zero attached hydrogens (tertiary/aromatic N) is 2. The van der Waals surface area contributed by atoms with Crippen LogP contribution in [0.2, 0.25) is 0 Å². The third-order valence-corrected chi connectivity index (χ3v) is 3.92. The number of aromatic nitrogens is 2. The normalized spacial score (nSPS) is 10.6. The van der Waals surface area contributed by atoms with E-state index in [1.54, 1.807) is 0 Å². The Balaban J connectivity index is 0.00000100. The van der Waals surface area contributed by atoms with Crippen LogP contribution in [0.25, 0.3) is 16.6 Å². The van der Waals surface area contributed by atoms with Gasteiger partial charge in [-0.15, -0.1) is 0 Å². The van der Waals surface area contributed by atoms with Gasteiger partial charge < -0.3 is 15.7 Å². The minimum atomic E-state index is 0.380. The molecule has 0 saturated carbocycles.